The van der Waals surface area contributed by atoms with Crippen LogP contribution in [0.4, 0.5) is 18.9 Å². The molecule has 0 spiro atoms. The maximum Gasteiger partial charge on any atom is 0.416 e. The summed E-state index contributed by atoms with van der Waals surface area (Å²) in [5, 5.41) is 4.42. The Hall–Kier alpha value is -3.27. The number of amides is 2. The van der Waals surface area contributed by atoms with Crippen LogP contribution >= 0.6 is 11.6 Å². The number of rotatable bonds is 8. The summed E-state index contributed by atoms with van der Waals surface area (Å²) >= 11 is 5.83. The quantitative estimate of drug-likeness (QED) is 0.565. The maximum atomic E-state index is 12.8. The predicted octanol–water partition coefficient (Wildman–Crippen LogP) is 4.06. The second kappa shape index (κ2) is 10.9. The van der Waals surface area contributed by atoms with Gasteiger partial charge < -0.3 is 20.1 Å². The molecular formula is C21H20ClF3N2O5. The maximum absolute atomic E-state index is 12.8. The number of ether oxygens (including phenoxy) is 2. The fourth-order valence-electron chi connectivity index (χ4n) is 2.51. The highest BCUT2D eigenvalue weighted by Gasteiger charge is 2.31. The van der Waals surface area contributed by atoms with E-state index in [-0.39, 0.29) is 16.3 Å². The molecule has 2 aromatic carbocycles. The third-order valence-corrected chi connectivity index (χ3v) is 4.38. The van der Waals surface area contributed by atoms with Crippen LogP contribution in [0.1, 0.15) is 29.8 Å². The van der Waals surface area contributed by atoms with E-state index in [1.165, 1.54) is 13.0 Å². The molecule has 2 N–H and O–H groups in total. The van der Waals surface area contributed by atoms with E-state index in [2.05, 4.69) is 10.6 Å². The van der Waals surface area contributed by atoms with Crippen molar-refractivity contribution in [2.24, 2.45) is 0 Å². The van der Waals surface area contributed by atoms with E-state index in [4.69, 9.17) is 21.1 Å². The number of nitrogens with one attached hydrogen (secondary N) is 2. The summed E-state index contributed by atoms with van der Waals surface area (Å²) < 4.78 is 48.8. The van der Waals surface area contributed by atoms with Gasteiger partial charge in [0.1, 0.15) is 12.3 Å². The largest absolute Gasteiger partial charge is 0.493 e. The zero-order valence-corrected chi connectivity index (χ0v) is 17.8. The molecule has 0 aromatic heterocycles. The van der Waals surface area contributed by atoms with Crippen molar-refractivity contribution in [1.29, 1.82) is 0 Å². The lowest BCUT2D eigenvalue weighted by Gasteiger charge is -2.16. The number of para-hydroxylation sites is 1. The van der Waals surface area contributed by atoms with Crippen LogP contribution in [-0.2, 0) is 20.5 Å². The zero-order chi connectivity index (χ0) is 23.9. The molecule has 2 amide bonds. The van der Waals surface area contributed by atoms with E-state index in [0.717, 1.165) is 12.1 Å². The smallest absolute Gasteiger partial charge is 0.416 e. The first-order valence-corrected chi connectivity index (χ1v) is 9.77. The van der Waals surface area contributed by atoms with E-state index in [9.17, 15) is 27.6 Å². The first-order valence-electron chi connectivity index (χ1n) is 9.40. The van der Waals surface area contributed by atoms with E-state index in [0.29, 0.717) is 18.4 Å². The average Bonchev–Trinajstić information content (AvgIpc) is 2.73. The Morgan fingerprint density at radius 2 is 1.81 bits per heavy atom. The summed E-state index contributed by atoms with van der Waals surface area (Å²) in [5.74, 6) is -2.07. The summed E-state index contributed by atoms with van der Waals surface area (Å²) in [6.45, 7) is 2.78. The molecule has 1 unspecified atom stereocenters. The third-order valence-electron chi connectivity index (χ3n) is 4.05. The van der Waals surface area contributed by atoms with E-state index < -0.39 is 42.2 Å². The highest BCUT2D eigenvalue weighted by Crippen LogP contribution is 2.33. The monoisotopic (exact) mass is 472 g/mol. The van der Waals surface area contributed by atoms with Gasteiger partial charge in [0.05, 0.1) is 28.4 Å². The lowest BCUT2D eigenvalue weighted by atomic mass is 10.2. The van der Waals surface area contributed by atoms with Crippen molar-refractivity contribution in [2.45, 2.75) is 26.1 Å². The normalized spacial score (nSPS) is 11.9. The van der Waals surface area contributed by atoms with Gasteiger partial charge in [0.15, 0.2) is 6.10 Å². The van der Waals surface area contributed by atoms with Crippen molar-refractivity contribution >= 4 is 35.1 Å². The third kappa shape index (κ3) is 6.88. The molecule has 0 saturated carbocycles. The van der Waals surface area contributed by atoms with Gasteiger partial charge in [0.2, 0.25) is 0 Å². The average molecular weight is 473 g/mol. The van der Waals surface area contributed by atoms with Gasteiger partial charge in [-0.3, -0.25) is 14.4 Å². The molecule has 0 aliphatic heterocycles. The second-order valence-corrected chi connectivity index (χ2v) is 6.83. The summed E-state index contributed by atoms with van der Waals surface area (Å²) in [4.78, 5) is 36.5. The first-order chi connectivity index (χ1) is 15.0. The topological polar surface area (TPSA) is 93.7 Å². The molecule has 7 nitrogen and oxygen atoms in total. The molecule has 0 radical (unpaired) electrons. The van der Waals surface area contributed by atoms with Crippen LogP contribution in [0.5, 0.6) is 5.75 Å². The van der Waals surface area contributed by atoms with Crippen LogP contribution in [0.2, 0.25) is 5.02 Å². The highest BCUT2D eigenvalue weighted by molar-refractivity contribution is 6.33. The Bertz CT molecular complexity index is 998. The minimum atomic E-state index is -4.62. The number of alkyl halides is 3. The molecule has 0 aliphatic carbocycles. The van der Waals surface area contributed by atoms with Crippen molar-refractivity contribution in [1.82, 2.24) is 5.32 Å². The minimum Gasteiger partial charge on any atom is -0.493 e. The molecule has 2 aromatic rings. The van der Waals surface area contributed by atoms with Gasteiger partial charge in [0, 0.05) is 0 Å². The van der Waals surface area contributed by atoms with Crippen LogP contribution in [0.25, 0.3) is 0 Å². The number of benzene rings is 2. The molecule has 1 atom stereocenters. The summed E-state index contributed by atoms with van der Waals surface area (Å²) in [6.07, 6.45) is -5.98. The fraction of sp³-hybridized carbons (Fsp3) is 0.286. The number of anilines is 1. The number of esters is 1. The van der Waals surface area contributed by atoms with Gasteiger partial charge in [0.25, 0.3) is 11.8 Å². The fourth-order valence-corrected chi connectivity index (χ4v) is 2.67. The predicted molar refractivity (Wildman–Crippen MR) is 111 cm³/mol. The van der Waals surface area contributed by atoms with Crippen LogP contribution in [0.15, 0.2) is 42.5 Å². The van der Waals surface area contributed by atoms with Gasteiger partial charge in [-0.05, 0) is 44.2 Å². The molecular weight excluding hydrogens is 453 g/mol. The van der Waals surface area contributed by atoms with Gasteiger partial charge in [-0.15, -0.1) is 0 Å². The minimum absolute atomic E-state index is 0.120. The summed E-state index contributed by atoms with van der Waals surface area (Å²) in [5.41, 5.74) is -1.07. The van der Waals surface area contributed by atoms with Gasteiger partial charge >= 0.3 is 12.1 Å². The van der Waals surface area contributed by atoms with Crippen LogP contribution in [0, 0.1) is 0 Å². The Morgan fingerprint density at radius 3 is 2.47 bits per heavy atom. The standard InChI is InChI=1S/C21H20ClF3N2O5/c1-3-31-17-7-5-4-6-14(17)20(30)26-11-18(28)32-12(2)19(29)27-16-10-13(21(23,24)25)8-9-15(16)22/h4-10,12H,3,11H2,1-2H3,(H,26,30)(H,27,29). The SMILES string of the molecule is CCOc1ccccc1C(=O)NCC(=O)OC(C)C(=O)Nc1cc(C(F)(F)F)ccc1Cl. The van der Waals surface area contributed by atoms with E-state index in [1.807, 2.05) is 0 Å². The second-order valence-electron chi connectivity index (χ2n) is 6.43. The Morgan fingerprint density at radius 1 is 1.12 bits per heavy atom. The number of hydrogen-bond donors (Lipinski definition) is 2. The molecule has 0 fully saturated rings. The molecule has 2 rings (SSSR count). The van der Waals surface area contributed by atoms with Crippen molar-refractivity contribution in [3.05, 3.63) is 58.6 Å². The Labute approximate surface area is 186 Å². The number of hydrogen-bond acceptors (Lipinski definition) is 5. The van der Waals surface area contributed by atoms with Crippen LogP contribution < -0.4 is 15.4 Å². The molecule has 11 heteroatoms. The molecule has 32 heavy (non-hydrogen) atoms. The number of carbonyl (C=O) groups excluding carboxylic acids is 3. The molecule has 0 aliphatic rings. The van der Waals surface area contributed by atoms with Crippen LogP contribution in [0.3, 0.4) is 0 Å². The van der Waals surface area contributed by atoms with E-state index in [1.54, 1.807) is 25.1 Å². The molecule has 172 valence electrons. The molecule has 0 saturated heterocycles. The first kappa shape index (κ1) is 25.0. The lowest BCUT2D eigenvalue weighted by molar-refractivity contribution is -0.152. The van der Waals surface area contributed by atoms with Crippen molar-refractivity contribution in [3.63, 3.8) is 0 Å². The van der Waals surface area contributed by atoms with Crippen molar-refractivity contribution in [2.75, 3.05) is 18.5 Å². The van der Waals surface area contributed by atoms with Gasteiger partial charge in [-0.1, -0.05) is 23.7 Å². The Balaban J connectivity index is 1.93. The molecule has 0 heterocycles. The lowest BCUT2D eigenvalue weighted by Crippen LogP contribution is -2.36. The van der Waals surface area contributed by atoms with Gasteiger partial charge in [-0.2, -0.15) is 13.2 Å². The summed E-state index contributed by atoms with van der Waals surface area (Å²) in [7, 11) is 0. The van der Waals surface area contributed by atoms with Crippen molar-refractivity contribution in [3.8, 4) is 5.75 Å². The molecule has 0 bridgehead atoms. The van der Waals surface area contributed by atoms with Crippen LogP contribution in [-0.4, -0.2) is 37.0 Å². The number of halogens is 4. The summed E-state index contributed by atoms with van der Waals surface area (Å²) in [6, 6.07) is 8.86. The number of carbonyl (C=O) groups is 3. The Kier molecular flexibility index (Phi) is 8.48. The van der Waals surface area contributed by atoms with E-state index >= 15 is 0 Å². The van der Waals surface area contributed by atoms with Gasteiger partial charge in [-0.25, -0.2) is 0 Å². The van der Waals surface area contributed by atoms with Crippen molar-refractivity contribution < 1.29 is 37.0 Å². The highest BCUT2D eigenvalue weighted by atomic mass is 35.5. The zero-order valence-electron chi connectivity index (χ0n) is 17.1.